The molecule has 3 heterocycles. The predicted molar refractivity (Wildman–Crippen MR) is 123 cm³/mol. The van der Waals surface area contributed by atoms with Gasteiger partial charge < -0.3 is 14.9 Å². The van der Waals surface area contributed by atoms with Gasteiger partial charge in [0.25, 0.3) is 0 Å². The van der Waals surface area contributed by atoms with Crippen molar-refractivity contribution in [2.24, 2.45) is 0 Å². The van der Waals surface area contributed by atoms with Crippen LogP contribution in [0.2, 0.25) is 0 Å². The lowest BCUT2D eigenvalue weighted by Gasteiger charge is -2.41. The van der Waals surface area contributed by atoms with Gasteiger partial charge in [-0.15, -0.1) is 5.10 Å². The van der Waals surface area contributed by atoms with Crippen LogP contribution in [0.25, 0.3) is 0 Å². The summed E-state index contributed by atoms with van der Waals surface area (Å²) in [5.41, 5.74) is 5.45. The monoisotopic (exact) mass is 420 g/mol. The van der Waals surface area contributed by atoms with Gasteiger partial charge in [-0.05, 0) is 57.2 Å². The lowest BCUT2D eigenvalue weighted by Crippen LogP contribution is -2.53. The first-order valence-corrected chi connectivity index (χ1v) is 11.1. The van der Waals surface area contributed by atoms with E-state index in [0.717, 1.165) is 56.2 Å². The van der Waals surface area contributed by atoms with Crippen LogP contribution in [0.5, 0.6) is 0 Å². The van der Waals surface area contributed by atoms with Crippen LogP contribution in [0.15, 0.2) is 36.2 Å². The van der Waals surface area contributed by atoms with Gasteiger partial charge in [0.05, 0.1) is 29.9 Å². The number of aliphatic hydroxyl groups is 1. The van der Waals surface area contributed by atoms with Gasteiger partial charge >= 0.3 is 0 Å². The van der Waals surface area contributed by atoms with Crippen molar-refractivity contribution in [3.8, 4) is 0 Å². The van der Waals surface area contributed by atoms with Gasteiger partial charge in [0.1, 0.15) is 5.82 Å². The van der Waals surface area contributed by atoms with Gasteiger partial charge in [-0.25, -0.2) is 4.98 Å². The van der Waals surface area contributed by atoms with Crippen molar-refractivity contribution in [3.05, 3.63) is 58.7 Å². The minimum absolute atomic E-state index is 0.263. The van der Waals surface area contributed by atoms with E-state index in [1.807, 2.05) is 0 Å². The molecule has 0 aromatic carbocycles. The van der Waals surface area contributed by atoms with Crippen molar-refractivity contribution in [3.63, 3.8) is 0 Å². The van der Waals surface area contributed by atoms with E-state index >= 15 is 0 Å². The summed E-state index contributed by atoms with van der Waals surface area (Å²) in [4.78, 5) is 13.5. The molecular weight excluding hydrogens is 388 g/mol. The van der Waals surface area contributed by atoms with Gasteiger partial charge in [0, 0.05) is 32.1 Å². The summed E-state index contributed by atoms with van der Waals surface area (Å²) in [6.45, 7) is 10.8. The van der Waals surface area contributed by atoms with Crippen molar-refractivity contribution in [1.82, 2.24) is 20.2 Å². The molecule has 7 heteroatoms. The third-order valence-corrected chi connectivity index (χ3v) is 6.35. The molecule has 1 aliphatic heterocycles. The van der Waals surface area contributed by atoms with Gasteiger partial charge in [0.2, 0.25) is 0 Å². The third-order valence-electron chi connectivity index (χ3n) is 6.35. The molecule has 2 aliphatic rings. The topological polar surface area (TPSA) is 78.3 Å². The van der Waals surface area contributed by atoms with Gasteiger partial charge in [-0.3, -0.25) is 4.98 Å². The maximum Gasteiger partial charge on any atom is 0.154 e. The number of anilines is 2. The van der Waals surface area contributed by atoms with Gasteiger partial charge in [-0.2, -0.15) is 5.10 Å². The van der Waals surface area contributed by atoms with Crippen LogP contribution in [0, 0.1) is 13.8 Å². The van der Waals surface area contributed by atoms with E-state index in [9.17, 15) is 5.11 Å². The van der Waals surface area contributed by atoms with Crippen LogP contribution in [0.3, 0.4) is 0 Å². The molecule has 164 valence electrons. The summed E-state index contributed by atoms with van der Waals surface area (Å²) >= 11 is 0. The maximum absolute atomic E-state index is 9.66. The highest BCUT2D eigenvalue weighted by atomic mass is 16.3. The predicted octanol–water partition coefficient (Wildman–Crippen LogP) is 3.47. The smallest absolute Gasteiger partial charge is 0.154 e. The molecule has 0 radical (unpaired) electrons. The largest absolute Gasteiger partial charge is 0.387 e. The van der Waals surface area contributed by atoms with Crippen molar-refractivity contribution in [2.45, 2.75) is 59.1 Å². The van der Waals surface area contributed by atoms with Crippen LogP contribution >= 0.6 is 0 Å². The molecular formula is C24H32N6O. The number of hydrogen-bond donors (Lipinski definition) is 1. The van der Waals surface area contributed by atoms with E-state index in [-0.39, 0.29) is 6.04 Å². The molecule has 2 atom stereocenters. The second-order valence-corrected chi connectivity index (χ2v) is 8.62. The fourth-order valence-corrected chi connectivity index (χ4v) is 4.29. The molecule has 0 saturated carbocycles. The average Bonchev–Trinajstić information content (AvgIpc) is 2.78. The van der Waals surface area contributed by atoms with E-state index in [2.05, 4.69) is 69.0 Å². The van der Waals surface area contributed by atoms with Crippen molar-refractivity contribution in [2.75, 3.05) is 29.4 Å². The van der Waals surface area contributed by atoms with E-state index in [1.54, 1.807) is 19.3 Å². The Labute approximate surface area is 184 Å². The van der Waals surface area contributed by atoms with Crippen LogP contribution in [-0.2, 0) is 6.42 Å². The Bertz CT molecular complexity index is 982. The maximum atomic E-state index is 9.66. The first-order valence-electron chi connectivity index (χ1n) is 11.1. The summed E-state index contributed by atoms with van der Waals surface area (Å²) in [7, 11) is 0. The van der Waals surface area contributed by atoms with E-state index in [4.69, 9.17) is 0 Å². The minimum atomic E-state index is -0.603. The zero-order valence-corrected chi connectivity index (χ0v) is 18.9. The lowest BCUT2D eigenvalue weighted by molar-refractivity contribution is 0.194. The molecule has 1 saturated heterocycles. The molecule has 0 spiro atoms. The molecule has 2 aromatic heterocycles. The van der Waals surface area contributed by atoms with E-state index < -0.39 is 6.10 Å². The quantitative estimate of drug-likeness (QED) is 0.793. The summed E-state index contributed by atoms with van der Waals surface area (Å²) in [6.07, 6.45) is 12.7. The molecule has 7 nitrogen and oxygen atoms in total. The Morgan fingerprint density at radius 3 is 2.58 bits per heavy atom. The fourth-order valence-electron chi connectivity index (χ4n) is 4.29. The highest BCUT2D eigenvalue weighted by Crippen LogP contribution is 2.27. The highest BCUT2D eigenvalue weighted by Gasteiger charge is 2.27. The number of nitrogens with zero attached hydrogens (tertiary/aromatic N) is 6. The average molecular weight is 421 g/mol. The Kier molecular flexibility index (Phi) is 6.32. The molecule has 0 bridgehead atoms. The zero-order chi connectivity index (χ0) is 22.0. The Balaban J connectivity index is 1.46. The number of piperazine rings is 1. The summed E-state index contributed by atoms with van der Waals surface area (Å²) in [5.74, 6) is 1.83. The highest BCUT2D eigenvalue weighted by molar-refractivity contribution is 5.53. The number of rotatable bonds is 5. The molecule has 4 rings (SSSR count). The summed E-state index contributed by atoms with van der Waals surface area (Å²) in [5, 5.41) is 18.9. The zero-order valence-electron chi connectivity index (χ0n) is 18.9. The number of aliphatic hydroxyl groups excluding tert-OH is 1. The second-order valence-electron chi connectivity index (χ2n) is 8.62. The van der Waals surface area contributed by atoms with Gasteiger partial charge in [-0.1, -0.05) is 18.2 Å². The van der Waals surface area contributed by atoms with Crippen LogP contribution in [0.4, 0.5) is 11.6 Å². The number of allylic oxidation sites excluding steroid dienone is 4. The SMILES string of the molecule is Cc1c(CC2=CCCC=C2)nnc(N2CCN(c3cnc(C(C)O)cn3)[C@H](C)C2)c1C. The summed E-state index contributed by atoms with van der Waals surface area (Å²) in [6, 6.07) is 0.263. The number of hydrogen-bond acceptors (Lipinski definition) is 7. The number of aromatic nitrogens is 4. The molecule has 31 heavy (non-hydrogen) atoms. The van der Waals surface area contributed by atoms with Crippen molar-refractivity contribution in [1.29, 1.82) is 0 Å². The Morgan fingerprint density at radius 2 is 1.94 bits per heavy atom. The van der Waals surface area contributed by atoms with Crippen molar-refractivity contribution >= 4 is 11.6 Å². The Morgan fingerprint density at radius 1 is 1.10 bits per heavy atom. The van der Waals surface area contributed by atoms with Gasteiger partial charge in [0.15, 0.2) is 5.82 Å². The molecule has 2 aromatic rings. The molecule has 1 aliphatic carbocycles. The normalized spacial score (nSPS) is 20.0. The lowest BCUT2D eigenvalue weighted by atomic mass is 9.99. The second kappa shape index (κ2) is 9.14. The third kappa shape index (κ3) is 4.61. The first kappa shape index (κ1) is 21.4. The first-order chi connectivity index (χ1) is 14.9. The molecule has 1 fully saturated rings. The summed E-state index contributed by atoms with van der Waals surface area (Å²) < 4.78 is 0. The van der Waals surface area contributed by atoms with Crippen LogP contribution in [0.1, 0.15) is 55.3 Å². The van der Waals surface area contributed by atoms with E-state index in [0.29, 0.717) is 5.69 Å². The standard InChI is InChI=1S/C24H32N6O/c1-16-15-29(10-11-30(16)23-14-25-22(13-26-23)19(4)31)24-18(3)17(2)21(27-28-24)12-20-8-6-5-7-9-20/h6,8-9,13-14,16,19,31H,5,7,10-12,15H2,1-4H3/t16-,19?/m1/s1. The van der Waals surface area contributed by atoms with E-state index in [1.165, 1.54) is 16.7 Å². The van der Waals surface area contributed by atoms with Crippen LogP contribution in [-0.4, -0.2) is 50.9 Å². The fraction of sp³-hybridized carbons (Fsp3) is 0.500. The minimum Gasteiger partial charge on any atom is -0.387 e. The Hall–Kier alpha value is -2.80. The van der Waals surface area contributed by atoms with Crippen molar-refractivity contribution < 1.29 is 5.11 Å². The molecule has 1 N–H and O–H groups in total. The van der Waals surface area contributed by atoms with Crippen LogP contribution < -0.4 is 9.80 Å². The molecule has 0 amide bonds. The molecule has 1 unspecified atom stereocenters.